The maximum Gasteiger partial charge on any atom is 0.289 e. The van der Waals surface area contributed by atoms with Crippen LogP contribution in [-0.4, -0.2) is 55.2 Å². The van der Waals surface area contributed by atoms with Gasteiger partial charge in [-0.15, -0.1) is 11.3 Å². The Kier molecular flexibility index (Phi) is 8.40. The van der Waals surface area contributed by atoms with Crippen molar-refractivity contribution < 1.29 is 27.3 Å². The third-order valence-electron chi connectivity index (χ3n) is 4.30. The van der Waals surface area contributed by atoms with E-state index in [1.54, 1.807) is 53.4 Å². The summed E-state index contributed by atoms with van der Waals surface area (Å²) >= 11 is 7.03. The van der Waals surface area contributed by atoms with Crippen molar-refractivity contribution in [2.75, 3.05) is 34.9 Å². The van der Waals surface area contributed by atoms with Crippen LogP contribution in [0, 0.1) is 5.41 Å². The first-order valence-electron chi connectivity index (χ1n) is 9.86. The van der Waals surface area contributed by atoms with Crippen LogP contribution in [0.1, 0.15) is 20.2 Å². The molecular formula is C21H20ClN5O6S2. The summed E-state index contributed by atoms with van der Waals surface area (Å²) in [6.45, 7) is 1.08. The van der Waals surface area contributed by atoms with Gasteiger partial charge in [-0.05, 0) is 48.5 Å². The third kappa shape index (κ3) is 7.75. The number of nitrogens with zero attached hydrogens (tertiary/aromatic N) is 2. The zero-order chi connectivity index (χ0) is 25.6. The fourth-order valence-corrected chi connectivity index (χ4v) is 3.82. The molecule has 0 unspecified atom stereocenters. The fourth-order valence-electron chi connectivity index (χ4n) is 2.88. The quantitative estimate of drug-likeness (QED) is 0.359. The van der Waals surface area contributed by atoms with E-state index >= 15 is 0 Å². The number of amides is 2. The second-order valence-electron chi connectivity index (χ2n) is 7.00. The molecule has 11 nitrogen and oxygen atoms in total. The molecule has 4 N–H and O–H groups in total. The molecule has 2 amide bonds. The van der Waals surface area contributed by atoms with Crippen LogP contribution in [0.25, 0.3) is 0 Å². The Hall–Kier alpha value is -3.52. The lowest BCUT2D eigenvalue weighted by molar-refractivity contribution is 0.102. The lowest BCUT2D eigenvalue weighted by Gasteiger charge is -2.15. The molecule has 0 saturated carbocycles. The van der Waals surface area contributed by atoms with E-state index in [0.29, 0.717) is 40.0 Å². The number of carbonyl (C=O) groups is 2. The first kappa shape index (κ1) is 26.1. The number of nitrogens with one attached hydrogen (secondary N) is 3. The van der Waals surface area contributed by atoms with Gasteiger partial charge in [0, 0.05) is 17.6 Å². The molecule has 0 aliphatic carbocycles. The van der Waals surface area contributed by atoms with Gasteiger partial charge >= 0.3 is 0 Å². The number of thiophene rings is 1. The van der Waals surface area contributed by atoms with Crippen molar-refractivity contribution in [1.29, 1.82) is 5.41 Å². The Bertz CT molecular complexity index is 1340. The molecule has 3 heterocycles. The highest BCUT2D eigenvalue weighted by atomic mass is 35.5. The van der Waals surface area contributed by atoms with Crippen LogP contribution in [0.15, 0.2) is 54.7 Å². The zero-order valence-corrected chi connectivity index (χ0v) is 20.6. The van der Waals surface area contributed by atoms with Gasteiger partial charge in [-0.3, -0.25) is 24.5 Å². The normalized spacial score (nSPS) is 12.9. The van der Waals surface area contributed by atoms with Crippen molar-refractivity contribution in [3.63, 3.8) is 0 Å². The second kappa shape index (κ2) is 11.3. The predicted octanol–water partition coefficient (Wildman–Crippen LogP) is 3.58. The molecule has 1 aliphatic rings. The first-order chi connectivity index (χ1) is 16.5. The molecule has 4 rings (SSSR count). The molecule has 2 aromatic heterocycles. The number of hydrogen-bond acceptors (Lipinski definition) is 8. The second-order valence-corrected chi connectivity index (χ2v) is 10.2. The minimum atomic E-state index is -3.67. The van der Waals surface area contributed by atoms with E-state index < -0.39 is 16.0 Å². The molecule has 0 bridgehead atoms. The van der Waals surface area contributed by atoms with E-state index in [1.165, 1.54) is 6.20 Å². The lowest BCUT2D eigenvalue weighted by Crippen LogP contribution is -2.24. The summed E-state index contributed by atoms with van der Waals surface area (Å²) < 4.78 is 31.5. The Balaban J connectivity index is 0.000000623. The number of carbonyl (C=O) groups excluding carboxylic acids is 2. The van der Waals surface area contributed by atoms with Crippen LogP contribution in [0.3, 0.4) is 0 Å². The average Bonchev–Trinajstić information content (AvgIpc) is 3.42. The molecule has 1 saturated heterocycles. The van der Waals surface area contributed by atoms with E-state index in [2.05, 4.69) is 15.6 Å². The number of aromatic nitrogens is 1. The van der Waals surface area contributed by atoms with Crippen LogP contribution in [0.5, 0.6) is 0 Å². The Morgan fingerprint density at radius 3 is 2.40 bits per heavy atom. The maximum atomic E-state index is 12.7. The molecule has 1 fully saturated rings. The van der Waals surface area contributed by atoms with Crippen molar-refractivity contribution in [2.24, 2.45) is 0 Å². The van der Waals surface area contributed by atoms with Gasteiger partial charge in [0.25, 0.3) is 28.0 Å². The fraction of sp³-hybridized carbons (Fsp3) is 0.143. The van der Waals surface area contributed by atoms with Gasteiger partial charge in [0.15, 0.2) is 5.69 Å². The molecule has 1 aromatic carbocycles. The summed E-state index contributed by atoms with van der Waals surface area (Å²) in [4.78, 5) is 31.4. The summed E-state index contributed by atoms with van der Waals surface area (Å²) in [5.41, 5.74) is 1.75. The highest BCUT2D eigenvalue weighted by Gasteiger charge is 2.20. The van der Waals surface area contributed by atoms with Crippen molar-refractivity contribution in [1.82, 2.24) is 4.98 Å². The maximum absolute atomic E-state index is 12.7. The van der Waals surface area contributed by atoms with Crippen LogP contribution < -0.4 is 15.5 Å². The molecule has 3 aromatic rings. The monoisotopic (exact) mass is 537 g/mol. The zero-order valence-electron chi connectivity index (χ0n) is 18.2. The molecule has 35 heavy (non-hydrogen) atoms. The Labute approximate surface area is 210 Å². The SMILES string of the molecule is CS(=O)(=O)O.N=C1OCCN1c1ccc(NC(=O)c2ncccc2NC(=O)c2ccc(Cl)s2)cc1. The molecule has 0 radical (unpaired) electrons. The molecule has 184 valence electrons. The van der Waals surface area contributed by atoms with Crippen molar-refractivity contribution in [2.45, 2.75) is 0 Å². The topological polar surface area (TPSA) is 162 Å². The number of ether oxygens (including phenoxy) is 1. The summed E-state index contributed by atoms with van der Waals surface area (Å²) in [6, 6.07) is 13.6. The number of hydrogen-bond donors (Lipinski definition) is 4. The lowest BCUT2D eigenvalue weighted by atomic mass is 10.2. The number of rotatable bonds is 5. The standard InChI is InChI=1S/C20H16ClN5O3S.CH4O3S/c21-16-8-7-15(30-16)18(27)25-14-2-1-9-23-17(14)19(28)24-12-3-5-13(6-4-12)26-10-11-29-20(26)22;1-5(2,3)4/h1-9,22H,10-11H2,(H,24,28)(H,25,27);1H3,(H,2,3,4). The van der Waals surface area contributed by atoms with Gasteiger partial charge in [-0.2, -0.15) is 8.42 Å². The van der Waals surface area contributed by atoms with Crippen molar-refractivity contribution in [3.05, 3.63) is 69.6 Å². The number of amidine groups is 1. The largest absolute Gasteiger partial charge is 0.463 e. The summed E-state index contributed by atoms with van der Waals surface area (Å²) in [7, 11) is -3.67. The average molecular weight is 538 g/mol. The van der Waals surface area contributed by atoms with E-state index in [4.69, 9.17) is 26.3 Å². The first-order valence-corrected chi connectivity index (χ1v) is 12.9. The highest BCUT2D eigenvalue weighted by molar-refractivity contribution is 7.85. The van der Waals surface area contributed by atoms with Gasteiger partial charge in [-0.1, -0.05) is 11.6 Å². The van der Waals surface area contributed by atoms with Gasteiger partial charge in [0.05, 0.1) is 27.7 Å². The highest BCUT2D eigenvalue weighted by Crippen LogP contribution is 2.24. The summed E-state index contributed by atoms with van der Waals surface area (Å²) in [6.07, 6.45) is 2.20. The minimum absolute atomic E-state index is 0.0901. The van der Waals surface area contributed by atoms with E-state index in [9.17, 15) is 18.0 Å². The van der Waals surface area contributed by atoms with Gasteiger partial charge in [-0.25, -0.2) is 4.98 Å². The van der Waals surface area contributed by atoms with E-state index in [-0.39, 0.29) is 17.6 Å². The molecule has 0 atom stereocenters. The predicted molar refractivity (Wildman–Crippen MR) is 134 cm³/mol. The Morgan fingerprint density at radius 1 is 1.14 bits per heavy atom. The van der Waals surface area contributed by atoms with Gasteiger partial charge in [0.2, 0.25) is 0 Å². The van der Waals surface area contributed by atoms with Gasteiger partial charge < -0.3 is 15.4 Å². The number of anilines is 3. The minimum Gasteiger partial charge on any atom is -0.463 e. The third-order valence-corrected chi connectivity index (χ3v) is 5.53. The number of halogens is 1. The van der Waals surface area contributed by atoms with E-state index in [1.807, 2.05) is 0 Å². The Morgan fingerprint density at radius 2 is 1.83 bits per heavy atom. The van der Waals surface area contributed by atoms with Crippen LogP contribution in [-0.2, 0) is 14.9 Å². The van der Waals surface area contributed by atoms with E-state index in [0.717, 1.165) is 17.0 Å². The molecule has 0 spiro atoms. The number of benzene rings is 1. The van der Waals surface area contributed by atoms with Crippen molar-refractivity contribution >= 4 is 68.0 Å². The summed E-state index contributed by atoms with van der Waals surface area (Å²) in [5.74, 6) is -0.825. The smallest absolute Gasteiger partial charge is 0.289 e. The van der Waals surface area contributed by atoms with Crippen LogP contribution in [0.2, 0.25) is 4.34 Å². The van der Waals surface area contributed by atoms with Crippen LogP contribution in [0.4, 0.5) is 17.1 Å². The molecular weight excluding hydrogens is 518 g/mol. The molecule has 14 heteroatoms. The van der Waals surface area contributed by atoms with Gasteiger partial charge in [0.1, 0.15) is 6.61 Å². The van der Waals surface area contributed by atoms with Crippen LogP contribution >= 0.6 is 22.9 Å². The number of pyridine rings is 1. The molecule has 1 aliphatic heterocycles. The van der Waals surface area contributed by atoms with Crippen molar-refractivity contribution in [3.8, 4) is 0 Å². The summed E-state index contributed by atoms with van der Waals surface area (Å²) in [5, 5.41) is 13.2.